The van der Waals surface area contributed by atoms with Crippen LogP contribution in [0.5, 0.6) is 0 Å². The summed E-state index contributed by atoms with van der Waals surface area (Å²) in [5, 5.41) is 0. The first-order valence-electron chi connectivity index (χ1n) is 4.70. The fourth-order valence-corrected chi connectivity index (χ4v) is 3.17. The van der Waals surface area contributed by atoms with Crippen LogP contribution in [0.15, 0.2) is 24.3 Å². The van der Waals surface area contributed by atoms with E-state index in [9.17, 15) is 0 Å². The van der Waals surface area contributed by atoms with E-state index in [1.54, 1.807) is 0 Å². The average molecular weight is 230 g/mol. The van der Waals surface area contributed by atoms with Crippen molar-refractivity contribution in [2.24, 2.45) is 0 Å². The zero-order chi connectivity index (χ0) is 9.97. The molecule has 14 heavy (non-hydrogen) atoms. The van der Waals surface area contributed by atoms with Crippen LogP contribution in [0.4, 0.5) is 5.69 Å². The number of anilines is 1. The summed E-state index contributed by atoms with van der Waals surface area (Å²) in [6.45, 7) is 3.87. The largest absolute Gasteiger partial charge is 0.327 e. The summed E-state index contributed by atoms with van der Waals surface area (Å²) < 4.78 is 7.57. The van der Waals surface area contributed by atoms with Crippen LogP contribution in [0.2, 0.25) is 0 Å². The molecule has 0 saturated carbocycles. The molecule has 1 aromatic carbocycles. The SMILES string of the molecule is Cc1ccc(N2CCCOP2Cl)cc1. The highest BCUT2D eigenvalue weighted by Crippen LogP contribution is 2.51. The van der Waals surface area contributed by atoms with Gasteiger partial charge in [-0.1, -0.05) is 17.7 Å². The molecule has 1 saturated heterocycles. The molecule has 4 heteroatoms. The summed E-state index contributed by atoms with van der Waals surface area (Å²) in [4.78, 5) is 0. The first kappa shape index (κ1) is 10.2. The molecule has 0 aliphatic carbocycles. The molecule has 0 spiro atoms. The third-order valence-electron chi connectivity index (χ3n) is 2.23. The number of hydrogen-bond acceptors (Lipinski definition) is 2. The van der Waals surface area contributed by atoms with Crippen molar-refractivity contribution in [3.8, 4) is 0 Å². The average Bonchev–Trinajstić information content (AvgIpc) is 2.20. The van der Waals surface area contributed by atoms with Gasteiger partial charge < -0.3 is 9.19 Å². The maximum Gasteiger partial charge on any atom is 0.236 e. The van der Waals surface area contributed by atoms with Crippen LogP contribution in [0.25, 0.3) is 0 Å². The minimum Gasteiger partial charge on any atom is -0.327 e. The molecule has 2 nitrogen and oxygen atoms in total. The molecule has 0 bridgehead atoms. The van der Waals surface area contributed by atoms with Gasteiger partial charge in [0.1, 0.15) is 0 Å². The number of halogens is 1. The Morgan fingerprint density at radius 1 is 1.36 bits per heavy atom. The van der Waals surface area contributed by atoms with Crippen molar-refractivity contribution in [2.75, 3.05) is 17.8 Å². The molecule has 0 amide bonds. The minimum atomic E-state index is -0.935. The first-order valence-corrected chi connectivity index (χ1v) is 6.82. The van der Waals surface area contributed by atoms with E-state index < -0.39 is 7.65 Å². The number of benzene rings is 1. The number of rotatable bonds is 1. The van der Waals surface area contributed by atoms with E-state index in [-0.39, 0.29) is 0 Å². The Balaban J connectivity index is 2.16. The third-order valence-corrected chi connectivity index (χ3v) is 4.28. The second kappa shape index (κ2) is 4.48. The van der Waals surface area contributed by atoms with Gasteiger partial charge in [-0.2, -0.15) is 0 Å². The van der Waals surface area contributed by atoms with E-state index in [1.807, 2.05) is 0 Å². The van der Waals surface area contributed by atoms with Crippen LogP contribution < -0.4 is 4.67 Å². The molecule has 1 atom stereocenters. The highest BCUT2D eigenvalue weighted by Gasteiger charge is 2.21. The minimum absolute atomic E-state index is 0.789. The van der Waals surface area contributed by atoms with Crippen molar-refractivity contribution in [1.29, 1.82) is 0 Å². The van der Waals surface area contributed by atoms with Crippen molar-refractivity contribution in [3.63, 3.8) is 0 Å². The maximum atomic E-state index is 6.13. The zero-order valence-electron chi connectivity index (χ0n) is 8.11. The predicted molar refractivity (Wildman–Crippen MR) is 61.9 cm³/mol. The Kier molecular flexibility index (Phi) is 3.27. The Morgan fingerprint density at radius 2 is 2.07 bits per heavy atom. The van der Waals surface area contributed by atoms with Gasteiger partial charge in [0.05, 0.1) is 6.61 Å². The van der Waals surface area contributed by atoms with Crippen LogP contribution in [-0.4, -0.2) is 13.2 Å². The van der Waals surface area contributed by atoms with E-state index in [2.05, 4.69) is 35.9 Å². The summed E-state index contributed by atoms with van der Waals surface area (Å²) in [5.41, 5.74) is 2.43. The molecule has 2 rings (SSSR count). The monoisotopic (exact) mass is 229 g/mol. The fourth-order valence-electron chi connectivity index (χ4n) is 1.44. The molecule has 0 N–H and O–H groups in total. The van der Waals surface area contributed by atoms with Crippen LogP contribution in [-0.2, 0) is 4.52 Å². The zero-order valence-corrected chi connectivity index (χ0v) is 9.76. The summed E-state index contributed by atoms with van der Waals surface area (Å²) in [5.74, 6) is 0. The van der Waals surface area contributed by atoms with E-state index >= 15 is 0 Å². The first-order chi connectivity index (χ1) is 6.77. The van der Waals surface area contributed by atoms with E-state index in [1.165, 1.54) is 5.56 Å². The van der Waals surface area contributed by atoms with Crippen LogP contribution in [0.1, 0.15) is 12.0 Å². The maximum absolute atomic E-state index is 6.13. The van der Waals surface area contributed by atoms with Gasteiger partial charge in [-0.15, -0.1) is 0 Å². The van der Waals surface area contributed by atoms with Gasteiger partial charge in [-0.25, -0.2) is 0 Å². The molecule has 0 aromatic heterocycles. The lowest BCUT2D eigenvalue weighted by molar-refractivity contribution is 0.335. The van der Waals surface area contributed by atoms with E-state index in [0.29, 0.717) is 0 Å². The van der Waals surface area contributed by atoms with Crippen molar-refractivity contribution in [1.82, 2.24) is 0 Å². The van der Waals surface area contributed by atoms with E-state index in [0.717, 1.165) is 25.3 Å². The number of nitrogens with zero attached hydrogens (tertiary/aromatic N) is 1. The van der Waals surface area contributed by atoms with E-state index in [4.69, 9.17) is 15.8 Å². The molecule has 1 aromatic rings. The number of aryl methyl sites for hydroxylation is 1. The third kappa shape index (κ3) is 2.20. The summed E-state index contributed by atoms with van der Waals surface area (Å²) in [6, 6.07) is 8.40. The molecule has 1 unspecified atom stereocenters. The molecular formula is C10H13ClNOP. The quantitative estimate of drug-likeness (QED) is 0.681. The molecule has 0 radical (unpaired) electrons. The van der Waals surface area contributed by atoms with Gasteiger partial charge in [0, 0.05) is 12.2 Å². The Bertz CT molecular complexity index is 303. The van der Waals surface area contributed by atoms with Gasteiger partial charge in [0.25, 0.3) is 0 Å². The highest BCUT2D eigenvalue weighted by molar-refractivity contribution is 7.81. The highest BCUT2D eigenvalue weighted by atomic mass is 35.7. The molecule has 76 valence electrons. The van der Waals surface area contributed by atoms with Crippen LogP contribution >= 0.6 is 18.9 Å². The summed E-state index contributed by atoms with van der Waals surface area (Å²) >= 11 is 6.13. The lowest BCUT2D eigenvalue weighted by atomic mass is 10.2. The van der Waals surface area contributed by atoms with Gasteiger partial charge in [0.2, 0.25) is 7.65 Å². The van der Waals surface area contributed by atoms with Crippen molar-refractivity contribution < 1.29 is 4.52 Å². The fraction of sp³-hybridized carbons (Fsp3) is 0.400. The molecular weight excluding hydrogens is 217 g/mol. The lowest BCUT2D eigenvalue weighted by Gasteiger charge is -2.32. The van der Waals surface area contributed by atoms with Gasteiger partial charge in [0.15, 0.2) is 0 Å². The van der Waals surface area contributed by atoms with Gasteiger partial charge in [-0.3, -0.25) is 0 Å². The molecule has 1 aliphatic rings. The second-order valence-corrected chi connectivity index (χ2v) is 5.43. The second-order valence-electron chi connectivity index (χ2n) is 3.37. The predicted octanol–water partition coefficient (Wildman–Crippen LogP) is 3.69. The Hall–Kier alpha value is -0.300. The van der Waals surface area contributed by atoms with Crippen LogP contribution in [0.3, 0.4) is 0 Å². The number of hydrogen-bond donors (Lipinski definition) is 0. The Morgan fingerprint density at radius 3 is 2.71 bits per heavy atom. The normalized spacial score (nSPS) is 22.4. The smallest absolute Gasteiger partial charge is 0.236 e. The lowest BCUT2D eigenvalue weighted by Crippen LogP contribution is -2.23. The van der Waals surface area contributed by atoms with Gasteiger partial charge in [-0.05, 0) is 36.7 Å². The molecule has 1 heterocycles. The van der Waals surface area contributed by atoms with Gasteiger partial charge >= 0.3 is 0 Å². The van der Waals surface area contributed by atoms with Crippen molar-refractivity contribution >= 4 is 24.6 Å². The van der Waals surface area contributed by atoms with Crippen molar-refractivity contribution in [3.05, 3.63) is 29.8 Å². The summed E-state index contributed by atoms with van der Waals surface area (Å²) in [7, 11) is -0.935. The molecule has 1 fully saturated rings. The standard InChI is InChI=1S/C10H13ClNOP/c1-9-3-5-10(6-4-9)12-7-2-8-13-14(12)11/h3-6H,2,7-8H2,1H3. The summed E-state index contributed by atoms with van der Waals surface area (Å²) in [6.07, 6.45) is 1.05. The molecule has 1 aliphatic heterocycles. The Labute approximate surface area is 90.5 Å². The van der Waals surface area contributed by atoms with Crippen molar-refractivity contribution in [2.45, 2.75) is 13.3 Å². The topological polar surface area (TPSA) is 12.5 Å². The van der Waals surface area contributed by atoms with Crippen LogP contribution in [0, 0.1) is 6.92 Å².